The van der Waals surface area contributed by atoms with E-state index in [1.54, 1.807) is 30.5 Å². The van der Waals surface area contributed by atoms with Crippen LogP contribution in [0.2, 0.25) is 0 Å². The minimum Gasteiger partial charge on any atom is -0.482 e. The summed E-state index contributed by atoms with van der Waals surface area (Å²) >= 11 is 1.53. The Morgan fingerprint density at radius 1 is 1.12 bits per heavy atom. The molecule has 0 radical (unpaired) electrons. The van der Waals surface area contributed by atoms with Crippen LogP contribution in [0.3, 0.4) is 0 Å². The topological polar surface area (TPSA) is 77.0 Å². The molecule has 1 amide bonds. The molecule has 136 valence electrons. The smallest absolute Gasteiger partial charge is 0.343 e. The van der Waals surface area contributed by atoms with Crippen LogP contribution in [0.5, 0.6) is 5.75 Å². The third kappa shape index (κ3) is 7.40. The molecule has 7 heteroatoms. The van der Waals surface area contributed by atoms with E-state index in [1.165, 1.54) is 24.4 Å². The van der Waals surface area contributed by atoms with Gasteiger partial charge in [0, 0.05) is 5.75 Å². The van der Waals surface area contributed by atoms with Crippen LogP contribution in [-0.2, 0) is 20.1 Å². The average Bonchev–Trinajstić information content (AvgIpc) is 2.68. The van der Waals surface area contributed by atoms with Gasteiger partial charge >= 0.3 is 5.97 Å². The number of nitrogens with zero attached hydrogens (tertiary/aromatic N) is 1. The van der Waals surface area contributed by atoms with E-state index in [4.69, 9.17) is 4.74 Å². The van der Waals surface area contributed by atoms with Gasteiger partial charge < -0.3 is 9.47 Å². The number of hydrogen-bond donors (Lipinski definition) is 1. The van der Waals surface area contributed by atoms with Gasteiger partial charge in [0.25, 0.3) is 0 Å². The first-order chi connectivity index (χ1) is 12.7. The SMILES string of the molecule is COC(=O)COc1ccc(C=NNC(=O)CSCc2ccccc2)cc1. The highest BCUT2D eigenvalue weighted by Gasteiger charge is 2.02. The number of ether oxygens (including phenoxy) is 2. The van der Waals surface area contributed by atoms with E-state index in [1.807, 2.05) is 30.3 Å². The Labute approximate surface area is 156 Å². The molecule has 0 spiro atoms. The highest BCUT2D eigenvalue weighted by Crippen LogP contribution is 2.12. The van der Waals surface area contributed by atoms with Crippen LogP contribution in [0.15, 0.2) is 59.7 Å². The zero-order valence-corrected chi connectivity index (χ0v) is 15.2. The number of amides is 1. The van der Waals surface area contributed by atoms with Crippen LogP contribution in [0, 0.1) is 0 Å². The molecule has 6 nitrogen and oxygen atoms in total. The molecule has 0 aliphatic rings. The summed E-state index contributed by atoms with van der Waals surface area (Å²) in [7, 11) is 1.31. The normalized spacial score (nSPS) is 10.5. The molecule has 2 aromatic carbocycles. The number of carbonyl (C=O) groups excluding carboxylic acids is 2. The van der Waals surface area contributed by atoms with E-state index in [-0.39, 0.29) is 12.5 Å². The molecule has 0 atom stereocenters. The molecule has 0 saturated heterocycles. The summed E-state index contributed by atoms with van der Waals surface area (Å²) < 4.78 is 9.74. The van der Waals surface area contributed by atoms with Gasteiger partial charge in [-0.15, -0.1) is 11.8 Å². The highest BCUT2D eigenvalue weighted by atomic mass is 32.2. The summed E-state index contributed by atoms with van der Waals surface area (Å²) in [5.74, 6) is 1.08. The quantitative estimate of drug-likeness (QED) is 0.416. The predicted molar refractivity (Wildman–Crippen MR) is 102 cm³/mol. The van der Waals surface area contributed by atoms with Crippen LogP contribution in [0.25, 0.3) is 0 Å². The van der Waals surface area contributed by atoms with Crippen molar-refractivity contribution in [2.24, 2.45) is 5.10 Å². The lowest BCUT2D eigenvalue weighted by atomic mass is 10.2. The maximum absolute atomic E-state index is 11.7. The number of hydrogen-bond acceptors (Lipinski definition) is 6. The van der Waals surface area contributed by atoms with Gasteiger partial charge in [-0.1, -0.05) is 30.3 Å². The van der Waals surface area contributed by atoms with Crippen LogP contribution in [-0.4, -0.2) is 37.6 Å². The fraction of sp³-hybridized carbons (Fsp3) is 0.211. The van der Waals surface area contributed by atoms with Crippen molar-refractivity contribution in [1.82, 2.24) is 5.43 Å². The van der Waals surface area contributed by atoms with E-state index in [9.17, 15) is 9.59 Å². The average molecular weight is 372 g/mol. The maximum atomic E-state index is 11.7. The number of benzene rings is 2. The molecule has 0 aliphatic heterocycles. The molecule has 0 unspecified atom stereocenters. The Morgan fingerprint density at radius 3 is 2.54 bits per heavy atom. The Bertz CT molecular complexity index is 733. The number of hydrazone groups is 1. The minimum atomic E-state index is -0.441. The largest absolute Gasteiger partial charge is 0.482 e. The molecule has 1 N–H and O–H groups in total. The molecule has 26 heavy (non-hydrogen) atoms. The minimum absolute atomic E-state index is 0.138. The van der Waals surface area contributed by atoms with Crippen LogP contribution < -0.4 is 10.2 Å². The fourth-order valence-electron chi connectivity index (χ4n) is 1.90. The number of carbonyl (C=O) groups is 2. The lowest BCUT2D eigenvalue weighted by Gasteiger charge is -2.04. The monoisotopic (exact) mass is 372 g/mol. The van der Waals surface area contributed by atoms with E-state index >= 15 is 0 Å². The molecular weight excluding hydrogens is 352 g/mol. The second kappa shape index (κ2) is 10.9. The molecule has 0 saturated carbocycles. The standard InChI is InChI=1S/C19H20N2O4S/c1-24-19(23)12-25-17-9-7-15(8-10-17)11-20-21-18(22)14-26-13-16-5-3-2-4-6-16/h2-11H,12-14H2,1H3,(H,21,22). The Morgan fingerprint density at radius 2 is 1.85 bits per heavy atom. The summed E-state index contributed by atoms with van der Waals surface area (Å²) in [6.45, 7) is -0.138. The number of rotatable bonds is 9. The second-order valence-electron chi connectivity index (χ2n) is 5.21. The van der Waals surface area contributed by atoms with Crippen LogP contribution >= 0.6 is 11.8 Å². The van der Waals surface area contributed by atoms with Crippen molar-refractivity contribution in [1.29, 1.82) is 0 Å². The lowest BCUT2D eigenvalue weighted by Crippen LogP contribution is -2.19. The summed E-state index contributed by atoms with van der Waals surface area (Å²) in [4.78, 5) is 22.7. The summed E-state index contributed by atoms with van der Waals surface area (Å²) in [6, 6.07) is 16.9. The molecule has 0 aliphatic carbocycles. The van der Waals surface area contributed by atoms with Crippen molar-refractivity contribution in [3.05, 3.63) is 65.7 Å². The maximum Gasteiger partial charge on any atom is 0.343 e. The van der Waals surface area contributed by atoms with Crippen molar-refractivity contribution >= 4 is 29.9 Å². The van der Waals surface area contributed by atoms with Crippen molar-refractivity contribution < 1.29 is 19.1 Å². The third-order valence-electron chi connectivity index (χ3n) is 3.21. The molecule has 2 rings (SSSR count). The van der Waals surface area contributed by atoms with Gasteiger partial charge in [-0.05, 0) is 35.4 Å². The first kappa shape index (κ1) is 19.5. The van der Waals surface area contributed by atoms with Gasteiger partial charge in [-0.2, -0.15) is 5.10 Å². The number of methoxy groups -OCH3 is 1. The van der Waals surface area contributed by atoms with Crippen molar-refractivity contribution in [3.63, 3.8) is 0 Å². The highest BCUT2D eigenvalue weighted by molar-refractivity contribution is 7.99. The number of nitrogens with one attached hydrogen (secondary N) is 1. The van der Waals surface area contributed by atoms with Crippen molar-refractivity contribution in [3.8, 4) is 5.75 Å². The Kier molecular flexibility index (Phi) is 8.21. The molecule has 0 aromatic heterocycles. The van der Waals surface area contributed by atoms with E-state index < -0.39 is 5.97 Å². The van der Waals surface area contributed by atoms with Gasteiger partial charge in [0.1, 0.15) is 5.75 Å². The first-order valence-corrected chi connectivity index (χ1v) is 9.06. The van der Waals surface area contributed by atoms with Gasteiger partial charge in [-0.25, -0.2) is 10.2 Å². The molecule has 0 heterocycles. The van der Waals surface area contributed by atoms with Gasteiger partial charge in [0.15, 0.2) is 6.61 Å². The lowest BCUT2D eigenvalue weighted by molar-refractivity contribution is -0.142. The summed E-state index contributed by atoms with van der Waals surface area (Å²) in [6.07, 6.45) is 1.55. The van der Waals surface area contributed by atoms with E-state index in [2.05, 4.69) is 15.3 Å². The number of thioether (sulfide) groups is 1. The van der Waals surface area contributed by atoms with E-state index in [0.29, 0.717) is 11.5 Å². The van der Waals surface area contributed by atoms with Crippen LogP contribution in [0.4, 0.5) is 0 Å². The zero-order chi connectivity index (χ0) is 18.6. The summed E-state index contributed by atoms with van der Waals surface area (Å²) in [5, 5.41) is 3.93. The summed E-state index contributed by atoms with van der Waals surface area (Å²) in [5.41, 5.74) is 4.48. The Balaban J connectivity index is 1.68. The molecule has 0 fully saturated rings. The van der Waals surface area contributed by atoms with Gasteiger partial charge in [0.05, 0.1) is 19.1 Å². The molecular formula is C19H20N2O4S. The zero-order valence-electron chi connectivity index (χ0n) is 14.4. The molecule has 0 bridgehead atoms. The van der Waals surface area contributed by atoms with Crippen LogP contribution in [0.1, 0.15) is 11.1 Å². The first-order valence-electron chi connectivity index (χ1n) is 7.90. The second-order valence-corrected chi connectivity index (χ2v) is 6.19. The van der Waals surface area contributed by atoms with Crippen molar-refractivity contribution in [2.45, 2.75) is 5.75 Å². The third-order valence-corrected chi connectivity index (χ3v) is 4.22. The van der Waals surface area contributed by atoms with E-state index in [0.717, 1.165) is 11.3 Å². The van der Waals surface area contributed by atoms with Gasteiger partial charge in [0.2, 0.25) is 5.91 Å². The predicted octanol–water partition coefficient (Wildman–Crippen LogP) is 2.62. The van der Waals surface area contributed by atoms with Gasteiger partial charge in [-0.3, -0.25) is 4.79 Å². The number of esters is 1. The fourth-order valence-corrected chi connectivity index (χ4v) is 2.68. The molecule has 2 aromatic rings. The Hall–Kier alpha value is -2.80. The van der Waals surface area contributed by atoms with Crippen molar-refractivity contribution in [2.75, 3.05) is 19.5 Å².